The van der Waals surface area contributed by atoms with E-state index in [-0.39, 0.29) is 173 Å². The first kappa shape index (κ1) is 58.8. The number of rotatable bonds is 24. The fraction of sp³-hybridized carbons (Fsp3) is 0.393. The van der Waals surface area contributed by atoms with Gasteiger partial charge < -0.3 is 28.4 Å². The van der Waals surface area contributed by atoms with Gasteiger partial charge in [-0.05, 0) is 62.8 Å². The Bertz CT molecular complexity index is 3050. The van der Waals surface area contributed by atoms with E-state index >= 15 is 0 Å². The third-order valence-electron chi connectivity index (χ3n) is 12.9. The second-order valence-electron chi connectivity index (χ2n) is 19.8. The van der Waals surface area contributed by atoms with Crippen LogP contribution in [0.3, 0.4) is 0 Å². The van der Waals surface area contributed by atoms with Crippen LogP contribution in [0.1, 0.15) is 121 Å². The van der Waals surface area contributed by atoms with E-state index in [9.17, 15) is 47.9 Å². The summed E-state index contributed by atoms with van der Waals surface area (Å²) in [5.74, 6) is -7.64. The van der Waals surface area contributed by atoms with Gasteiger partial charge in [0.2, 0.25) is 0 Å². The molecule has 0 N–H and O–H groups in total. The zero-order valence-electron chi connectivity index (χ0n) is 43.5. The molecule has 0 spiro atoms. The van der Waals surface area contributed by atoms with Crippen molar-refractivity contribution in [3.63, 3.8) is 0 Å². The van der Waals surface area contributed by atoms with E-state index in [1.807, 2.05) is 27.7 Å². The molecule has 2 aliphatic rings. The second-order valence-corrected chi connectivity index (χ2v) is 21.4. The lowest BCUT2D eigenvalue weighted by Crippen LogP contribution is -2.50. The number of imide groups is 2. The van der Waals surface area contributed by atoms with E-state index in [0.29, 0.717) is 0 Å². The minimum atomic E-state index is -0.992. The van der Waals surface area contributed by atoms with Gasteiger partial charge in [0.25, 0.3) is 23.6 Å². The van der Waals surface area contributed by atoms with Crippen molar-refractivity contribution in [2.75, 3.05) is 39.6 Å². The number of benzene rings is 5. The average molecular weight is 1150 g/mol. The molecule has 22 heteroatoms. The van der Waals surface area contributed by atoms with Crippen molar-refractivity contribution in [1.29, 1.82) is 0 Å². The van der Waals surface area contributed by atoms with Crippen LogP contribution in [-0.2, 0) is 57.2 Å². The Morgan fingerprint density at radius 1 is 0.423 bits per heavy atom. The Hall–Kier alpha value is -6.86. The minimum Gasteiger partial charge on any atom is -0.463 e. The van der Waals surface area contributed by atoms with Gasteiger partial charge in [-0.2, -0.15) is 0 Å². The molecule has 0 radical (unpaired) electrons. The Morgan fingerprint density at radius 2 is 0.679 bits per heavy atom. The second kappa shape index (κ2) is 24.4. The van der Waals surface area contributed by atoms with Crippen molar-refractivity contribution >= 4 is 149 Å². The molecule has 2 aliphatic heterocycles. The van der Waals surface area contributed by atoms with E-state index in [2.05, 4.69) is 13.2 Å². The lowest BCUT2D eigenvalue weighted by Gasteiger charge is -2.36. The average Bonchev–Trinajstić information content (AvgIpc) is 2.78. The summed E-state index contributed by atoms with van der Waals surface area (Å²) in [4.78, 5) is 135. The van der Waals surface area contributed by atoms with Crippen molar-refractivity contribution in [2.24, 2.45) is 11.8 Å². The highest BCUT2D eigenvalue weighted by molar-refractivity contribution is 6.56. The largest absolute Gasteiger partial charge is 0.463 e. The number of halogens is 4. The lowest BCUT2D eigenvalue weighted by molar-refractivity contribution is -0.153. The maximum absolute atomic E-state index is 14.8. The first-order chi connectivity index (χ1) is 36.8. The SMILES string of the molecule is C=C(C)C(=O)OCCOC(=O)CCC(=O)OCC(CC(C)C)N1C(=O)c2cc(Cl)c3c4c(Cl)cc5c6c(cc(Cl)c(c7c(Cl)cc(c2c37)C1=O)c64)C(=O)N(C(COC(=O)CCC(=O)OCCOC(=O)C(=C)C)CC(C)C)C5=O. The summed E-state index contributed by atoms with van der Waals surface area (Å²) >= 11 is 28.9. The number of esters is 6. The van der Waals surface area contributed by atoms with Gasteiger partial charge in [-0.1, -0.05) is 87.3 Å². The number of carbonyl (C=O) groups is 10. The quantitative estimate of drug-likeness (QED) is 0.0106. The van der Waals surface area contributed by atoms with E-state index in [4.69, 9.17) is 74.8 Å². The normalized spacial score (nSPS) is 13.9. The highest BCUT2D eigenvalue weighted by Crippen LogP contribution is 2.54. The van der Waals surface area contributed by atoms with Crippen LogP contribution in [0, 0.1) is 11.8 Å². The number of hydrogen-bond donors (Lipinski definition) is 0. The van der Waals surface area contributed by atoms with Gasteiger partial charge in [0.1, 0.15) is 39.6 Å². The molecule has 2 atom stereocenters. The van der Waals surface area contributed by atoms with Crippen LogP contribution >= 0.6 is 46.4 Å². The smallest absolute Gasteiger partial charge is 0.333 e. The van der Waals surface area contributed by atoms with Crippen molar-refractivity contribution in [3.05, 3.63) is 90.9 Å². The summed E-state index contributed by atoms with van der Waals surface area (Å²) in [5, 5.41) is 1.89. The molecule has 5 aromatic rings. The van der Waals surface area contributed by atoms with E-state index in [0.717, 1.165) is 9.80 Å². The molecule has 18 nitrogen and oxygen atoms in total. The molecule has 0 saturated heterocycles. The molecule has 4 amide bonds. The Morgan fingerprint density at radius 3 is 0.936 bits per heavy atom. The number of hydrogen-bond acceptors (Lipinski definition) is 16. The number of carbonyl (C=O) groups excluding carboxylic acids is 10. The molecule has 0 aliphatic carbocycles. The van der Waals surface area contributed by atoms with E-state index in [1.165, 1.54) is 38.1 Å². The summed E-state index contributed by atoms with van der Waals surface area (Å²) in [6.45, 7) is 15.6. The topological polar surface area (TPSA) is 233 Å². The van der Waals surface area contributed by atoms with Crippen LogP contribution < -0.4 is 0 Å². The molecule has 7 rings (SSSR count). The number of fused-ring (bicyclic) bond motifs is 2. The number of ether oxygens (including phenoxy) is 6. The van der Waals surface area contributed by atoms with Gasteiger partial charge in [0, 0.05) is 74.3 Å². The third-order valence-corrected chi connectivity index (χ3v) is 14.1. The van der Waals surface area contributed by atoms with Crippen LogP contribution in [0.4, 0.5) is 0 Å². The molecular formula is C56H54Cl4N2O16. The highest BCUT2D eigenvalue weighted by atomic mass is 35.5. The fourth-order valence-corrected chi connectivity index (χ4v) is 10.8. The predicted octanol–water partition coefficient (Wildman–Crippen LogP) is 10.3. The van der Waals surface area contributed by atoms with Crippen LogP contribution in [0.25, 0.3) is 43.1 Å². The molecule has 412 valence electrons. The molecule has 0 fully saturated rings. The Kier molecular flexibility index (Phi) is 18.4. The summed E-state index contributed by atoms with van der Waals surface area (Å²) in [5.41, 5.74) is 0.412. The van der Waals surface area contributed by atoms with Crippen LogP contribution in [0.15, 0.2) is 48.6 Å². The van der Waals surface area contributed by atoms with Crippen molar-refractivity contribution < 1.29 is 76.4 Å². The standard InChI is InChI=1S/C56H54Cl4N2O16/c1-25(2)17-29(23-77-41(65)11-9-39(63)73-13-15-75-55(71)27(5)6)61-51(67)31-19-35(57)45-47-37(59)21-33-44-34(22-38(60)48(50(44)47)46-36(58)20-32(52(61)68)43(31)49(45)46)54(70)62(53(33)69)30(18-26(3)4)24-78-42(66)12-10-40(64)74-14-16-76-56(72)28(7)8/h19-22,25-26,29-30H,5,7,9-18,23-24H2,1-4,6,8H3. The van der Waals surface area contributed by atoms with Crippen LogP contribution in [0.2, 0.25) is 20.1 Å². The third kappa shape index (κ3) is 12.1. The summed E-state index contributed by atoms with van der Waals surface area (Å²) in [6, 6.07) is 3.60. The molecule has 5 aromatic carbocycles. The van der Waals surface area contributed by atoms with Crippen molar-refractivity contribution in [2.45, 2.75) is 92.2 Å². The molecule has 0 bridgehead atoms. The van der Waals surface area contributed by atoms with Crippen molar-refractivity contribution in [3.8, 4) is 0 Å². The molecule has 2 heterocycles. The van der Waals surface area contributed by atoms with Gasteiger partial charge in [-0.15, -0.1) is 0 Å². The Labute approximate surface area is 467 Å². The first-order valence-corrected chi connectivity index (χ1v) is 26.4. The summed E-state index contributed by atoms with van der Waals surface area (Å²) in [7, 11) is 0. The molecule has 78 heavy (non-hydrogen) atoms. The highest BCUT2D eigenvalue weighted by Gasteiger charge is 2.43. The molecule has 0 saturated carbocycles. The van der Waals surface area contributed by atoms with Crippen LogP contribution in [-0.4, -0.2) is 121 Å². The molecular weight excluding hydrogens is 1100 g/mol. The van der Waals surface area contributed by atoms with Crippen LogP contribution in [0.5, 0.6) is 0 Å². The van der Waals surface area contributed by atoms with E-state index in [1.54, 1.807) is 0 Å². The summed E-state index contributed by atoms with van der Waals surface area (Å²) < 4.78 is 30.9. The van der Waals surface area contributed by atoms with Gasteiger partial charge in [0.15, 0.2) is 0 Å². The maximum atomic E-state index is 14.8. The number of amides is 4. The van der Waals surface area contributed by atoms with Crippen molar-refractivity contribution in [1.82, 2.24) is 9.80 Å². The maximum Gasteiger partial charge on any atom is 0.333 e. The molecule has 0 aromatic heterocycles. The van der Waals surface area contributed by atoms with Gasteiger partial charge >= 0.3 is 35.8 Å². The van der Waals surface area contributed by atoms with Gasteiger partial charge in [-0.3, -0.25) is 48.2 Å². The fourth-order valence-electron chi connectivity index (χ4n) is 9.65. The number of nitrogens with zero attached hydrogens (tertiary/aromatic N) is 2. The zero-order valence-corrected chi connectivity index (χ0v) is 46.5. The first-order valence-electron chi connectivity index (χ1n) is 24.9. The molecule has 2 unspecified atom stereocenters. The minimum absolute atomic E-state index is 0.00189. The van der Waals surface area contributed by atoms with Gasteiger partial charge in [-0.25, -0.2) is 9.59 Å². The monoisotopic (exact) mass is 1150 g/mol. The van der Waals surface area contributed by atoms with Gasteiger partial charge in [0.05, 0.1) is 60.0 Å². The van der Waals surface area contributed by atoms with E-state index < -0.39 is 84.7 Å². The Balaban J connectivity index is 1.17. The zero-order chi connectivity index (χ0) is 57.2. The lowest BCUT2D eigenvalue weighted by atomic mass is 9.81. The predicted molar refractivity (Wildman–Crippen MR) is 289 cm³/mol. The summed E-state index contributed by atoms with van der Waals surface area (Å²) in [6.07, 6.45) is -1.09.